The predicted molar refractivity (Wildman–Crippen MR) is 68.7 cm³/mol. The molecule has 3 fully saturated rings. The highest BCUT2D eigenvalue weighted by molar-refractivity contribution is 4.92. The van der Waals surface area contributed by atoms with Crippen molar-refractivity contribution in [3.05, 3.63) is 0 Å². The van der Waals surface area contributed by atoms with Crippen LogP contribution in [0.5, 0.6) is 0 Å². The van der Waals surface area contributed by atoms with Crippen LogP contribution in [0.15, 0.2) is 0 Å². The zero-order valence-corrected chi connectivity index (χ0v) is 11.2. The molecule has 0 aromatic heterocycles. The molecule has 0 aromatic carbocycles. The first-order valence-electron chi connectivity index (χ1n) is 7.39. The third-order valence-corrected chi connectivity index (χ3v) is 4.60. The largest absolute Gasteiger partial charge is 0.381 e. The van der Waals surface area contributed by atoms with Crippen molar-refractivity contribution in [2.75, 3.05) is 39.6 Å². The Kier molecular flexibility index (Phi) is 4.19. The molecule has 4 nitrogen and oxygen atoms in total. The van der Waals surface area contributed by atoms with E-state index in [0.29, 0.717) is 6.04 Å². The summed E-state index contributed by atoms with van der Waals surface area (Å²) in [7, 11) is 0. The molecular weight excluding hydrogens is 230 g/mol. The zero-order valence-electron chi connectivity index (χ0n) is 11.2. The van der Waals surface area contributed by atoms with E-state index in [9.17, 15) is 0 Å². The number of nitrogens with one attached hydrogen (secondary N) is 1. The lowest BCUT2D eigenvalue weighted by atomic mass is 9.89. The summed E-state index contributed by atoms with van der Waals surface area (Å²) in [5, 5.41) is 3.75. The molecule has 3 aliphatic rings. The standard InChI is InChI=1S/C14H25NO3/c1-5-16-6-2-12(1)10-15-13-3-7-18-14(9-13)4-8-17-11-14/h12-13,15H,1-11H2. The molecule has 18 heavy (non-hydrogen) atoms. The van der Waals surface area contributed by atoms with E-state index in [2.05, 4.69) is 5.32 Å². The lowest BCUT2D eigenvalue weighted by Gasteiger charge is -2.38. The van der Waals surface area contributed by atoms with Gasteiger partial charge in [-0.3, -0.25) is 0 Å². The summed E-state index contributed by atoms with van der Waals surface area (Å²) in [5.74, 6) is 0.803. The van der Waals surface area contributed by atoms with Gasteiger partial charge in [0, 0.05) is 38.9 Å². The Bertz CT molecular complexity index is 260. The molecule has 4 heteroatoms. The van der Waals surface area contributed by atoms with Crippen molar-refractivity contribution in [2.45, 2.75) is 43.7 Å². The van der Waals surface area contributed by atoms with E-state index in [4.69, 9.17) is 14.2 Å². The van der Waals surface area contributed by atoms with Crippen molar-refractivity contribution >= 4 is 0 Å². The SMILES string of the molecule is C1CC(CNC2CCOC3(CCOC3)C2)CCO1. The molecule has 3 heterocycles. The van der Waals surface area contributed by atoms with Crippen LogP contribution in [0, 0.1) is 5.92 Å². The molecule has 3 rings (SSSR count). The average Bonchev–Trinajstić information content (AvgIpc) is 2.86. The van der Waals surface area contributed by atoms with Crippen LogP contribution in [-0.4, -0.2) is 51.2 Å². The Balaban J connectivity index is 1.44. The van der Waals surface area contributed by atoms with Crippen LogP contribution < -0.4 is 5.32 Å². The van der Waals surface area contributed by atoms with Gasteiger partial charge in [-0.25, -0.2) is 0 Å². The van der Waals surface area contributed by atoms with E-state index in [1.54, 1.807) is 0 Å². The molecular formula is C14H25NO3. The Morgan fingerprint density at radius 1 is 1.00 bits per heavy atom. The van der Waals surface area contributed by atoms with E-state index in [1.807, 2.05) is 0 Å². The Morgan fingerprint density at radius 2 is 1.89 bits per heavy atom. The number of hydrogen-bond donors (Lipinski definition) is 1. The van der Waals surface area contributed by atoms with E-state index in [-0.39, 0.29) is 5.60 Å². The predicted octanol–water partition coefficient (Wildman–Crippen LogP) is 1.34. The fraction of sp³-hybridized carbons (Fsp3) is 1.00. The van der Waals surface area contributed by atoms with Crippen LogP contribution >= 0.6 is 0 Å². The van der Waals surface area contributed by atoms with Gasteiger partial charge >= 0.3 is 0 Å². The first kappa shape index (κ1) is 12.9. The Hall–Kier alpha value is -0.160. The molecule has 2 atom stereocenters. The van der Waals surface area contributed by atoms with Gasteiger partial charge in [0.2, 0.25) is 0 Å². The summed E-state index contributed by atoms with van der Waals surface area (Å²) in [6, 6.07) is 0.614. The summed E-state index contributed by atoms with van der Waals surface area (Å²) in [6.45, 7) is 5.57. The molecule has 1 N–H and O–H groups in total. The van der Waals surface area contributed by atoms with Crippen molar-refractivity contribution in [3.8, 4) is 0 Å². The lowest BCUT2D eigenvalue weighted by molar-refractivity contribution is -0.0898. The molecule has 3 aliphatic heterocycles. The molecule has 0 saturated carbocycles. The van der Waals surface area contributed by atoms with Crippen molar-refractivity contribution in [1.82, 2.24) is 5.32 Å². The van der Waals surface area contributed by atoms with Crippen LogP contribution in [0.3, 0.4) is 0 Å². The fourth-order valence-electron chi connectivity index (χ4n) is 3.35. The molecule has 0 aromatic rings. The molecule has 0 bridgehead atoms. The second-order valence-corrected chi connectivity index (χ2v) is 5.99. The quantitative estimate of drug-likeness (QED) is 0.826. The minimum absolute atomic E-state index is 0.0333. The second kappa shape index (κ2) is 5.87. The maximum absolute atomic E-state index is 5.96. The minimum atomic E-state index is 0.0333. The summed E-state index contributed by atoms with van der Waals surface area (Å²) in [4.78, 5) is 0. The molecule has 104 valence electrons. The lowest BCUT2D eigenvalue weighted by Crippen LogP contribution is -2.48. The first-order chi connectivity index (χ1) is 8.86. The van der Waals surface area contributed by atoms with Crippen LogP contribution in [0.25, 0.3) is 0 Å². The minimum Gasteiger partial charge on any atom is -0.381 e. The van der Waals surface area contributed by atoms with E-state index < -0.39 is 0 Å². The van der Waals surface area contributed by atoms with Crippen molar-refractivity contribution in [2.24, 2.45) is 5.92 Å². The van der Waals surface area contributed by atoms with Crippen molar-refractivity contribution in [3.63, 3.8) is 0 Å². The van der Waals surface area contributed by atoms with Gasteiger partial charge in [-0.05, 0) is 38.1 Å². The van der Waals surface area contributed by atoms with Crippen molar-refractivity contribution in [1.29, 1.82) is 0 Å². The molecule has 2 unspecified atom stereocenters. The summed E-state index contributed by atoms with van der Waals surface area (Å²) < 4.78 is 16.9. The van der Waals surface area contributed by atoms with E-state index in [0.717, 1.165) is 64.8 Å². The maximum Gasteiger partial charge on any atom is 0.0951 e. The first-order valence-corrected chi connectivity index (χ1v) is 7.39. The molecule has 0 amide bonds. The van der Waals surface area contributed by atoms with E-state index in [1.165, 1.54) is 12.8 Å². The Morgan fingerprint density at radius 3 is 2.67 bits per heavy atom. The van der Waals surface area contributed by atoms with Crippen LogP contribution in [0.2, 0.25) is 0 Å². The molecule has 0 radical (unpaired) electrons. The van der Waals surface area contributed by atoms with Gasteiger partial charge in [0.25, 0.3) is 0 Å². The summed E-state index contributed by atoms with van der Waals surface area (Å²) >= 11 is 0. The number of hydrogen-bond acceptors (Lipinski definition) is 4. The van der Waals surface area contributed by atoms with Gasteiger partial charge in [0.15, 0.2) is 0 Å². The van der Waals surface area contributed by atoms with Gasteiger partial charge in [0.05, 0.1) is 12.2 Å². The fourth-order valence-corrected chi connectivity index (χ4v) is 3.35. The Labute approximate surface area is 109 Å². The normalized spacial score (nSPS) is 38.3. The molecule has 0 aliphatic carbocycles. The third kappa shape index (κ3) is 3.05. The monoisotopic (exact) mass is 255 g/mol. The maximum atomic E-state index is 5.96. The van der Waals surface area contributed by atoms with Crippen LogP contribution in [-0.2, 0) is 14.2 Å². The van der Waals surface area contributed by atoms with Gasteiger partial charge in [-0.2, -0.15) is 0 Å². The average molecular weight is 255 g/mol. The topological polar surface area (TPSA) is 39.7 Å². The van der Waals surface area contributed by atoms with Crippen LogP contribution in [0.1, 0.15) is 32.1 Å². The zero-order chi connectivity index (χ0) is 12.3. The highest BCUT2D eigenvalue weighted by Gasteiger charge is 2.40. The van der Waals surface area contributed by atoms with Gasteiger partial charge in [-0.15, -0.1) is 0 Å². The highest BCUT2D eigenvalue weighted by Crippen LogP contribution is 2.32. The van der Waals surface area contributed by atoms with Crippen LogP contribution in [0.4, 0.5) is 0 Å². The number of rotatable bonds is 3. The second-order valence-electron chi connectivity index (χ2n) is 5.99. The summed E-state index contributed by atoms with van der Waals surface area (Å²) in [6.07, 6.45) is 5.76. The van der Waals surface area contributed by atoms with Gasteiger partial charge < -0.3 is 19.5 Å². The smallest absolute Gasteiger partial charge is 0.0951 e. The molecule has 1 spiro atoms. The summed E-state index contributed by atoms with van der Waals surface area (Å²) in [5.41, 5.74) is 0.0333. The van der Waals surface area contributed by atoms with Gasteiger partial charge in [0.1, 0.15) is 0 Å². The molecule has 3 saturated heterocycles. The number of ether oxygens (including phenoxy) is 3. The third-order valence-electron chi connectivity index (χ3n) is 4.60. The van der Waals surface area contributed by atoms with E-state index >= 15 is 0 Å². The van der Waals surface area contributed by atoms with Gasteiger partial charge in [-0.1, -0.05) is 0 Å². The van der Waals surface area contributed by atoms with Crippen molar-refractivity contribution < 1.29 is 14.2 Å². The highest BCUT2D eigenvalue weighted by atomic mass is 16.6.